The standard InChI is InChI=1S/C26H33F3N4O4/c1-16-10-21(37-2)12-30-23(16)25(36)8-6-20(7-9-25)33-14-19(15-33)32-22(34)13-31-24(35)17-4-3-5-18(11-17)26(27,28)29/h3-5,10-12,16,19-20,23,36H,6-9,13-15H2,1-2H3,(H,31,35)(H,32,34). The number of benzene rings is 1. The molecule has 0 radical (unpaired) electrons. The van der Waals surface area contributed by atoms with E-state index in [-0.39, 0.29) is 30.1 Å². The Hall–Kier alpha value is -2.92. The summed E-state index contributed by atoms with van der Waals surface area (Å²) in [5, 5.41) is 16.5. The van der Waals surface area contributed by atoms with E-state index < -0.39 is 29.2 Å². The number of carbonyl (C=O) groups excluding carboxylic acids is 2. The zero-order valence-electron chi connectivity index (χ0n) is 20.9. The van der Waals surface area contributed by atoms with Crippen LogP contribution in [0.4, 0.5) is 13.2 Å². The van der Waals surface area contributed by atoms with Gasteiger partial charge in [0.1, 0.15) is 5.76 Å². The molecule has 1 saturated heterocycles. The number of likely N-dealkylation sites (tertiary alicyclic amines) is 1. The highest BCUT2D eigenvalue weighted by molar-refractivity contribution is 5.96. The number of dihydropyridines is 1. The summed E-state index contributed by atoms with van der Waals surface area (Å²) in [6, 6.07) is 4.15. The Balaban J connectivity index is 1.17. The lowest BCUT2D eigenvalue weighted by atomic mass is 9.72. The average molecular weight is 523 g/mol. The van der Waals surface area contributed by atoms with Crippen molar-refractivity contribution >= 4 is 18.0 Å². The lowest BCUT2D eigenvalue weighted by Crippen LogP contribution is -2.64. The van der Waals surface area contributed by atoms with Gasteiger partial charge in [0.25, 0.3) is 5.91 Å². The minimum atomic E-state index is -4.55. The molecule has 1 aromatic carbocycles. The lowest BCUT2D eigenvalue weighted by molar-refractivity contribution is -0.137. The number of hydrogen-bond donors (Lipinski definition) is 3. The van der Waals surface area contributed by atoms with Crippen LogP contribution >= 0.6 is 0 Å². The van der Waals surface area contributed by atoms with Gasteiger partial charge in [0.15, 0.2) is 0 Å². The van der Waals surface area contributed by atoms with Gasteiger partial charge in [-0.25, -0.2) is 0 Å². The predicted molar refractivity (Wildman–Crippen MR) is 131 cm³/mol. The number of ether oxygens (including phenoxy) is 1. The van der Waals surface area contributed by atoms with Crippen LogP contribution in [0.2, 0.25) is 0 Å². The van der Waals surface area contributed by atoms with Crippen LogP contribution in [0, 0.1) is 5.92 Å². The second-order valence-corrected chi connectivity index (χ2v) is 10.2. The fraction of sp³-hybridized carbons (Fsp3) is 0.577. The summed E-state index contributed by atoms with van der Waals surface area (Å²) in [6.07, 6.45) is 2.10. The van der Waals surface area contributed by atoms with Crippen LogP contribution in [0.5, 0.6) is 0 Å². The number of alkyl halides is 3. The number of hydrogen-bond acceptors (Lipinski definition) is 6. The van der Waals surface area contributed by atoms with E-state index in [0.717, 1.165) is 31.0 Å². The third-order valence-electron chi connectivity index (χ3n) is 7.55. The topological polar surface area (TPSA) is 103 Å². The third kappa shape index (κ3) is 6.32. The molecule has 8 nitrogen and oxygen atoms in total. The van der Waals surface area contributed by atoms with Crippen molar-refractivity contribution in [1.29, 1.82) is 0 Å². The van der Waals surface area contributed by atoms with E-state index in [4.69, 9.17) is 4.74 Å². The van der Waals surface area contributed by atoms with Crippen LogP contribution in [-0.2, 0) is 15.7 Å². The van der Waals surface area contributed by atoms with Crippen molar-refractivity contribution in [1.82, 2.24) is 15.5 Å². The van der Waals surface area contributed by atoms with Crippen molar-refractivity contribution in [2.75, 3.05) is 26.7 Å². The number of methoxy groups -OCH3 is 1. The molecule has 37 heavy (non-hydrogen) atoms. The lowest BCUT2D eigenvalue weighted by Gasteiger charge is -2.49. The van der Waals surface area contributed by atoms with E-state index in [1.165, 1.54) is 6.07 Å². The molecule has 2 fully saturated rings. The Morgan fingerprint density at radius 1 is 1.24 bits per heavy atom. The van der Waals surface area contributed by atoms with Crippen LogP contribution < -0.4 is 10.6 Å². The maximum Gasteiger partial charge on any atom is 0.416 e. The molecule has 0 aromatic heterocycles. The van der Waals surface area contributed by atoms with Crippen molar-refractivity contribution in [3.63, 3.8) is 0 Å². The van der Waals surface area contributed by atoms with E-state index in [1.807, 2.05) is 13.0 Å². The number of rotatable bonds is 7. The van der Waals surface area contributed by atoms with E-state index in [0.29, 0.717) is 37.7 Å². The van der Waals surface area contributed by atoms with E-state index >= 15 is 0 Å². The zero-order chi connectivity index (χ0) is 26.8. The molecule has 2 aliphatic heterocycles. The summed E-state index contributed by atoms with van der Waals surface area (Å²) in [5.41, 5.74) is -1.92. The Morgan fingerprint density at radius 3 is 2.57 bits per heavy atom. The molecule has 202 valence electrons. The number of nitrogens with one attached hydrogen (secondary N) is 2. The van der Waals surface area contributed by atoms with Crippen molar-refractivity contribution in [2.45, 2.75) is 62.5 Å². The fourth-order valence-electron chi connectivity index (χ4n) is 5.48. The SMILES string of the molecule is COC1=CC(C)C(C2(O)CCC(N3CC(NC(=O)CNC(=O)c4cccc(C(F)(F)F)c4)C3)CC2)N=C1. The summed E-state index contributed by atoms with van der Waals surface area (Å²) in [4.78, 5) is 31.3. The van der Waals surface area contributed by atoms with Gasteiger partial charge < -0.3 is 20.5 Å². The summed E-state index contributed by atoms with van der Waals surface area (Å²) in [7, 11) is 1.60. The third-order valence-corrected chi connectivity index (χ3v) is 7.55. The van der Waals surface area contributed by atoms with E-state index in [1.54, 1.807) is 13.3 Å². The van der Waals surface area contributed by atoms with E-state index in [2.05, 4.69) is 20.5 Å². The van der Waals surface area contributed by atoms with Gasteiger partial charge in [-0.3, -0.25) is 19.5 Å². The second kappa shape index (κ2) is 10.8. The number of aliphatic imine (C=N–C) groups is 1. The van der Waals surface area contributed by atoms with Crippen molar-refractivity contribution in [2.24, 2.45) is 10.9 Å². The molecule has 11 heteroatoms. The molecule has 2 atom stereocenters. The van der Waals surface area contributed by atoms with Crippen molar-refractivity contribution in [3.8, 4) is 0 Å². The summed E-state index contributed by atoms with van der Waals surface area (Å²) < 4.78 is 43.8. The Labute approximate surface area is 214 Å². The molecule has 2 amide bonds. The minimum absolute atomic E-state index is 0.0562. The minimum Gasteiger partial charge on any atom is -0.495 e. The quantitative estimate of drug-likeness (QED) is 0.511. The molecule has 0 bridgehead atoms. The van der Waals surface area contributed by atoms with Gasteiger partial charge in [-0.15, -0.1) is 0 Å². The van der Waals surface area contributed by atoms with Gasteiger partial charge in [0.05, 0.1) is 43.1 Å². The monoisotopic (exact) mass is 522 g/mol. The predicted octanol–water partition coefficient (Wildman–Crippen LogP) is 2.53. The summed E-state index contributed by atoms with van der Waals surface area (Å²) in [6.45, 7) is 3.07. The Morgan fingerprint density at radius 2 is 1.95 bits per heavy atom. The van der Waals surface area contributed by atoms with Crippen LogP contribution in [-0.4, -0.2) is 78.5 Å². The molecule has 1 aromatic rings. The molecule has 3 aliphatic rings. The molecule has 3 N–H and O–H groups in total. The first kappa shape index (κ1) is 27.1. The highest BCUT2D eigenvalue weighted by atomic mass is 19.4. The maximum atomic E-state index is 12.8. The van der Waals surface area contributed by atoms with Gasteiger partial charge in [0.2, 0.25) is 5.91 Å². The molecule has 2 unspecified atom stereocenters. The van der Waals surface area contributed by atoms with Gasteiger partial charge in [0, 0.05) is 30.6 Å². The van der Waals surface area contributed by atoms with Gasteiger partial charge in [-0.2, -0.15) is 13.2 Å². The van der Waals surface area contributed by atoms with Crippen molar-refractivity contribution in [3.05, 3.63) is 47.2 Å². The highest BCUT2D eigenvalue weighted by Gasteiger charge is 2.45. The second-order valence-electron chi connectivity index (χ2n) is 10.2. The number of aliphatic hydroxyl groups is 1. The number of halogens is 3. The average Bonchev–Trinajstić information content (AvgIpc) is 2.84. The first-order chi connectivity index (χ1) is 17.5. The molecular formula is C26H33F3N4O4. The highest BCUT2D eigenvalue weighted by Crippen LogP contribution is 2.39. The summed E-state index contributed by atoms with van der Waals surface area (Å²) >= 11 is 0. The van der Waals surface area contributed by atoms with Crippen LogP contribution in [0.25, 0.3) is 0 Å². The molecular weight excluding hydrogens is 489 g/mol. The number of carbonyl (C=O) groups is 2. The Bertz CT molecular complexity index is 1060. The number of allylic oxidation sites excluding steroid dienone is 1. The molecule has 1 saturated carbocycles. The Kier molecular flexibility index (Phi) is 7.94. The smallest absolute Gasteiger partial charge is 0.416 e. The molecule has 0 spiro atoms. The van der Waals surface area contributed by atoms with Gasteiger partial charge in [-0.1, -0.05) is 13.0 Å². The van der Waals surface area contributed by atoms with Crippen LogP contribution in [0.15, 0.2) is 41.1 Å². The van der Waals surface area contributed by atoms with E-state index in [9.17, 15) is 27.9 Å². The summed E-state index contributed by atoms with van der Waals surface area (Å²) in [5.74, 6) is -0.337. The molecule has 1 aliphatic carbocycles. The first-order valence-corrected chi connectivity index (χ1v) is 12.5. The molecule has 2 heterocycles. The van der Waals surface area contributed by atoms with Gasteiger partial charge >= 0.3 is 6.18 Å². The van der Waals surface area contributed by atoms with Crippen LogP contribution in [0.3, 0.4) is 0 Å². The van der Waals surface area contributed by atoms with Gasteiger partial charge in [-0.05, 0) is 50.0 Å². The first-order valence-electron chi connectivity index (χ1n) is 12.5. The van der Waals surface area contributed by atoms with Crippen LogP contribution in [0.1, 0.15) is 48.5 Å². The van der Waals surface area contributed by atoms with Crippen molar-refractivity contribution < 1.29 is 32.6 Å². The molecule has 4 rings (SSSR count). The maximum absolute atomic E-state index is 12.8. The number of nitrogens with zero attached hydrogens (tertiary/aromatic N) is 2. The fourth-order valence-corrected chi connectivity index (χ4v) is 5.48. The largest absolute Gasteiger partial charge is 0.495 e. The normalized spacial score (nSPS) is 28.7. The number of amides is 2. The zero-order valence-corrected chi connectivity index (χ0v) is 20.9.